The average molecular weight is 221 g/mol. The van der Waals surface area contributed by atoms with Gasteiger partial charge in [-0.25, -0.2) is 0 Å². The first-order valence-electron chi connectivity index (χ1n) is 4.74. The van der Waals surface area contributed by atoms with Crippen molar-refractivity contribution in [2.45, 2.75) is 38.4 Å². The molecule has 1 atom stereocenters. The Morgan fingerprint density at radius 1 is 1.54 bits per heavy atom. The number of nitrogens with two attached hydrogens (primary N) is 1. The summed E-state index contributed by atoms with van der Waals surface area (Å²) in [5.41, 5.74) is 5.46. The SMILES string of the molecule is CCOCCCC(CC)SC(N)=S. The number of hydrogen-bond acceptors (Lipinski definition) is 3. The summed E-state index contributed by atoms with van der Waals surface area (Å²) in [6, 6.07) is 0. The maximum absolute atomic E-state index is 5.46. The number of thioether (sulfide) groups is 1. The highest BCUT2D eigenvalue weighted by molar-refractivity contribution is 8.23. The summed E-state index contributed by atoms with van der Waals surface area (Å²) >= 11 is 6.46. The molecular weight excluding hydrogens is 202 g/mol. The van der Waals surface area contributed by atoms with Gasteiger partial charge in [-0.05, 0) is 26.2 Å². The van der Waals surface area contributed by atoms with Crippen molar-refractivity contribution in [3.8, 4) is 0 Å². The van der Waals surface area contributed by atoms with Crippen LogP contribution in [-0.2, 0) is 4.74 Å². The van der Waals surface area contributed by atoms with Crippen LogP contribution in [0.4, 0.5) is 0 Å². The lowest BCUT2D eigenvalue weighted by atomic mass is 10.2. The molecule has 0 aliphatic carbocycles. The molecule has 0 aromatic carbocycles. The Hall–Kier alpha value is 0.200. The van der Waals surface area contributed by atoms with Crippen molar-refractivity contribution < 1.29 is 4.74 Å². The minimum Gasteiger partial charge on any atom is -0.385 e. The standard InChI is InChI=1S/C9H19NOS2/c1-3-8(13-9(10)12)6-5-7-11-4-2/h8H,3-7H2,1-2H3,(H2,10,12). The Bertz CT molecular complexity index is 142. The number of thiocarbonyl (C=S) groups is 1. The van der Waals surface area contributed by atoms with Crippen LogP contribution in [0.1, 0.15) is 33.1 Å². The van der Waals surface area contributed by atoms with Gasteiger partial charge in [0.15, 0.2) is 0 Å². The Labute approximate surface area is 90.6 Å². The fourth-order valence-corrected chi connectivity index (χ4v) is 2.26. The largest absolute Gasteiger partial charge is 0.385 e. The van der Waals surface area contributed by atoms with E-state index in [1.165, 1.54) is 0 Å². The van der Waals surface area contributed by atoms with E-state index >= 15 is 0 Å². The Kier molecular flexibility index (Phi) is 8.92. The normalized spacial score (nSPS) is 12.8. The number of hydrogen-bond donors (Lipinski definition) is 1. The molecule has 2 nitrogen and oxygen atoms in total. The van der Waals surface area contributed by atoms with Gasteiger partial charge in [0.25, 0.3) is 0 Å². The fraction of sp³-hybridized carbons (Fsp3) is 0.889. The second kappa shape index (κ2) is 8.78. The van der Waals surface area contributed by atoms with Gasteiger partial charge in [0.2, 0.25) is 0 Å². The zero-order valence-electron chi connectivity index (χ0n) is 8.41. The van der Waals surface area contributed by atoms with Crippen LogP contribution < -0.4 is 5.73 Å². The van der Waals surface area contributed by atoms with Crippen molar-refractivity contribution in [2.24, 2.45) is 5.73 Å². The van der Waals surface area contributed by atoms with Gasteiger partial charge in [-0.3, -0.25) is 0 Å². The average Bonchev–Trinajstić information content (AvgIpc) is 2.09. The monoisotopic (exact) mass is 221 g/mol. The summed E-state index contributed by atoms with van der Waals surface area (Å²) < 4.78 is 5.82. The number of rotatable bonds is 7. The van der Waals surface area contributed by atoms with Crippen LogP contribution in [0.3, 0.4) is 0 Å². The highest BCUT2D eigenvalue weighted by Gasteiger charge is 2.07. The summed E-state index contributed by atoms with van der Waals surface area (Å²) in [5, 5.41) is 0.568. The molecule has 0 aromatic heterocycles. The summed E-state index contributed by atoms with van der Waals surface area (Å²) in [6.07, 6.45) is 3.36. The van der Waals surface area contributed by atoms with E-state index in [1.807, 2.05) is 6.92 Å². The van der Waals surface area contributed by atoms with Crippen LogP contribution in [0.5, 0.6) is 0 Å². The molecule has 0 spiro atoms. The smallest absolute Gasteiger partial charge is 0.131 e. The van der Waals surface area contributed by atoms with Crippen molar-refractivity contribution in [3.05, 3.63) is 0 Å². The Morgan fingerprint density at radius 3 is 2.69 bits per heavy atom. The fourth-order valence-electron chi connectivity index (χ4n) is 1.07. The second-order valence-electron chi connectivity index (χ2n) is 2.81. The van der Waals surface area contributed by atoms with E-state index in [9.17, 15) is 0 Å². The van der Waals surface area contributed by atoms with Gasteiger partial charge in [-0.2, -0.15) is 0 Å². The molecule has 1 unspecified atom stereocenters. The molecule has 0 heterocycles. The van der Waals surface area contributed by atoms with Crippen LogP contribution in [0.25, 0.3) is 0 Å². The lowest BCUT2D eigenvalue weighted by Crippen LogP contribution is -2.11. The topological polar surface area (TPSA) is 35.2 Å². The maximum Gasteiger partial charge on any atom is 0.131 e. The van der Waals surface area contributed by atoms with Gasteiger partial charge in [0.05, 0.1) is 0 Å². The minimum atomic E-state index is 0.559. The molecule has 0 saturated carbocycles. The molecule has 4 heteroatoms. The summed E-state index contributed by atoms with van der Waals surface area (Å²) in [6.45, 7) is 5.84. The first-order valence-corrected chi connectivity index (χ1v) is 6.03. The highest BCUT2D eigenvalue weighted by Crippen LogP contribution is 2.19. The zero-order valence-corrected chi connectivity index (χ0v) is 10.0. The molecule has 2 N–H and O–H groups in total. The van der Waals surface area contributed by atoms with Crippen molar-refractivity contribution in [1.82, 2.24) is 0 Å². The molecular formula is C9H19NOS2. The van der Waals surface area contributed by atoms with Gasteiger partial charge in [0, 0.05) is 18.5 Å². The summed E-state index contributed by atoms with van der Waals surface area (Å²) in [4.78, 5) is 0. The first-order chi connectivity index (χ1) is 6.20. The third-order valence-electron chi connectivity index (χ3n) is 1.76. The van der Waals surface area contributed by atoms with Crippen molar-refractivity contribution in [2.75, 3.05) is 13.2 Å². The van der Waals surface area contributed by atoms with Crippen molar-refractivity contribution in [1.29, 1.82) is 0 Å². The lowest BCUT2D eigenvalue weighted by molar-refractivity contribution is 0.143. The predicted molar refractivity (Wildman–Crippen MR) is 64.2 cm³/mol. The van der Waals surface area contributed by atoms with E-state index in [1.54, 1.807) is 11.8 Å². The molecule has 0 amide bonds. The van der Waals surface area contributed by atoms with Gasteiger partial charge in [-0.1, -0.05) is 30.9 Å². The second-order valence-corrected chi connectivity index (χ2v) is 4.85. The quantitative estimate of drug-likeness (QED) is 0.529. The zero-order chi connectivity index (χ0) is 10.1. The molecule has 0 radical (unpaired) electrons. The van der Waals surface area contributed by atoms with E-state index in [2.05, 4.69) is 6.92 Å². The Morgan fingerprint density at radius 2 is 2.23 bits per heavy atom. The number of ether oxygens (including phenoxy) is 1. The highest BCUT2D eigenvalue weighted by atomic mass is 32.2. The van der Waals surface area contributed by atoms with Crippen LogP contribution in [0.2, 0.25) is 0 Å². The van der Waals surface area contributed by atoms with Crippen LogP contribution in [0, 0.1) is 0 Å². The summed E-state index contributed by atoms with van der Waals surface area (Å²) in [5.74, 6) is 0. The van der Waals surface area contributed by atoms with Gasteiger partial charge < -0.3 is 10.5 Å². The van der Waals surface area contributed by atoms with Gasteiger partial charge in [-0.15, -0.1) is 0 Å². The first kappa shape index (κ1) is 13.2. The van der Waals surface area contributed by atoms with E-state index in [-0.39, 0.29) is 0 Å². The van der Waals surface area contributed by atoms with Gasteiger partial charge >= 0.3 is 0 Å². The van der Waals surface area contributed by atoms with E-state index < -0.39 is 0 Å². The predicted octanol–water partition coefficient (Wildman–Crippen LogP) is 2.56. The molecule has 0 bridgehead atoms. The van der Waals surface area contributed by atoms with Gasteiger partial charge in [0.1, 0.15) is 4.32 Å². The molecule has 0 aromatic rings. The molecule has 0 rings (SSSR count). The lowest BCUT2D eigenvalue weighted by Gasteiger charge is -2.12. The third-order valence-corrected chi connectivity index (χ3v) is 3.18. The van der Waals surface area contributed by atoms with Crippen LogP contribution in [0.15, 0.2) is 0 Å². The molecule has 78 valence electrons. The summed E-state index contributed by atoms with van der Waals surface area (Å²) in [7, 11) is 0. The van der Waals surface area contributed by atoms with Crippen LogP contribution >= 0.6 is 24.0 Å². The van der Waals surface area contributed by atoms with E-state index in [0.29, 0.717) is 9.57 Å². The van der Waals surface area contributed by atoms with Crippen molar-refractivity contribution >= 4 is 28.3 Å². The van der Waals surface area contributed by atoms with E-state index in [0.717, 1.165) is 32.5 Å². The Balaban J connectivity index is 3.42. The van der Waals surface area contributed by atoms with Crippen LogP contribution in [-0.4, -0.2) is 22.8 Å². The third kappa shape index (κ3) is 8.53. The molecule has 0 saturated heterocycles. The molecule has 0 fully saturated rings. The minimum absolute atomic E-state index is 0.559. The molecule has 0 aliphatic heterocycles. The van der Waals surface area contributed by atoms with Crippen molar-refractivity contribution in [3.63, 3.8) is 0 Å². The van der Waals surface area contributed by atoms with E-state index in [4.69, 9.17) is 22.7 Å². The molecule has 0 aliphatic rings. The molecule has 13 heavy (non-hydrogen) atoms. The maximum atomic E-state index is 5.46.